The number of aromatic nitrogens is 1. The predicted octanol–water partition coefficient (Wildman–Crippen LogP) is 0.565. The van der Waals surface area contributed by atoms with E-state index in [4.69, 9.17) is 4.74 Å². The Morgan fingerprint density at radius 2 is 2.16 bits per heavy atom. The summed E-state index contributed by atoms with van der Waals surface area (Å²) < 4.78 is 31.7. The summed E-state index contributed by atoms with van der Waals surface area (Å²) in [6.07, 6.45) is 2.82. The summed E-state index contributed by atoms with van der Waals surface area (Å²) in [4.78, 5) is 13.5. The zero-order valence-corrected chi connectivity index (χ0v) is 11.9. The van der Waals surface area contributed by atoms with Crippen molar-refractivity contribution < 1.29 is 13.2 Å². The Kier molecular flexibility index (Phi) is 3.80. The van der Waals surface area contributed by atoms with Crippen LogP contribution >= 0.6 is 0 Å². The molecule has 0 bridgehead atoms. The van der Waals surface area contributed by atoms with E-state index < -0.39 is 15.6 Å². The summed E-state index contributed by atoms with van der Waals surface area (Å²) in [5.74, 6) is 0. The first-order chi connectivity index (χ1) is 8.87. The van der Waals surface area contributed by atoms with Crippen LogP contribution in [0.3, 0.4) is 0 Å². The zero-order chi connectivity index (χ0) is 14.1. The predicted molar refractivity (Wildman–Crippen MR) is 70.5 cm³/mol. The van der Waals surface area contributed by atoms with Gasteiger partial charge in [0.25, 0.3) is 0 Å². The first kappa shape index (κ1) is 14.2. The number of H-pyrrole nitrogens is 1. The molecule has 1 aromatic heterocycles. The van der Waals surface area contributed by atoms with Crippen molar-refractivity contribution in [3.8, 4) is 0 Å². The molecule has 19 heavy (non-hydrogen) atoms. The fourth-order valence-corrected chi connectivity index (χ4v) is 3.80. The number of hydrogen-bond donors (Lipinski definition) is 1. The van der Waals surface area contributed by atoms with Crippen molar-refractivity contribution in [3.63, 3.8) is 0 Å². The van der Waals surface area contributed by atoms with Crippen LogP contribution in [0, 0.1) is 0 Å². The Balaban J connectivity index is 2.29. The van der Waals surface area contributed by atoms with Gasteiger partial charge in [0.15, 0.2) is 0 Å². The number of pyridine rings is 1. The third kappa shape index (κ3) is 2.88. The van der Waals surface area contributed by atoms with Crippen molar-refractivity contribution in [1.82, 2.24) is 9.29 Å². The van der Waals surface area contributed by atoms with Crippen LogP contribution < -0.4 is 5.56 Å². The molecule has 0 saturated carbocycles. The van der Waals surface area contributed by atoms with Gasteiger partial charge in [0.2, 0.25) is 15.6 Å². The first-order valence-electron chi connectivity index (χ1n) is 6.11. The number of hydrogen-bond acceptors (Lipinski definition) is 4. The third-order valence-electron chi connectivity index (χ3n) is 3.51. The Hall–Kier alpha value is -1.18. The molecule has 0 aromatic carbocycles. The van der Waals surface area contributed by atoms with Crippen LogP contribution in [0.5, 0.6) is 0 Å². The van der Waals surface area contributed by atoms with Gasteiger partial charge in [-0.25, -0.2) is 8.42 Å². The maximum atomic E-state index is 12.5. The Morgan fingerprint density at radius 3 is 2.74 bits per heavy atom. The SMILES string of the molecule is COC1(C)CCCN(S(=O)(=O)c2ccc(=O)[nH]c2)C1. The minimum Gasteiger partial charge on any atom is -0.377 e. The smallest absolute Gasteiger partial charge is 0.247 e. The monoisotopic (exact) mass is 286 g/mol. The van der Waals surface area contributed by atoms with Crippen LogP contribution in [0.25, 0.3) is 0 Å². The van der Waals surface area contributed by atoms with Gasteiger partial charge in [-0.3, -0.25) is 4.79 Å². The van der Waals surface area contributed by atoms with E-state index in [-0.39, 0.29) is 10.5 Å². The first-order valence-corrected chi connectivity index (χ1v) is 7.55. The van der Waals surface area contributed by atoms with Gasteiger partial charge in [-0.15, -0.1) is 0 Å². The van der Waals surface area contributed by atoms with Gasteiger partial charge in [0.1, 0.15) is 0 Å². The lowest BCUT2D eigenvalue weighted by atomic mass is 9.96. The average Bonchev–Trinajstić information content (AvgIpc) is 2.39. The molecule has 1 unspecified atom stereocenters. The number of aromatic amines is 1. The molecular weight excluding hydrogens is 268 g/mol. The molecular formula is C12H18N2O4S. The molecule has 1 atom stereocenters. The zero-order valence-electron chi connectivity index (χ0n) is 11.0. The highest BCUT2D eigenvalue weighted by Crippen LogP contribution is 2.27. The fraction of sp³-hybridized carbons (Fsp3) is 0.583. The molecule has 2 rings (SSSR count). The third-order valence-corrected chi connectivity index (χ3v) is 5.35. The molecule has 7 heteroatoms. The van der Waals surface area contributed by atoms with Gasteiger partial charge < -0.3 is 9.72 Å². The number of nitrogens with zero attached hydrogens (tertiary/aromatic N) is 1. The molecule has 1 aliphatic rings. The number of nitrogens with one attached hydrogen (secondary N) is 1. The summed E-state index contributed by atoms with van der Waals surface area (Å²) in [7, 11) is -1.98. The highest BCUT2D eigenvalue weighted by molar-refractivity contribution is 7.89. The normalized spacial score (nSPS) is 25.4. The number of methoxy groups -OCH3 is 1. The van der Waals surface area contributed by atoms with Gasteiger partial charge in [-0.05, 0) is 25.8 Å². The Bertz CT molecular complexity index is 590. The van der Waals surface area contributed by atoms with Gasteiger partial charge in [-0.1, -0.05) is 0 Å². The van der Waals surface area contributed by atoms with E-state index in [2.05, 4.69) is 4.98 Å². The van der Waals surface area contributed by atoms with Crippen molar-refractivity contribution >= 4 is 10.0 Å². The number of sulfonamides is 1. The molecule has 1 saturated heterocycles. The Morgan fingerprint density at radius 1 is 1.42 bits per heavy atom. The minimum atomic E-state index is -3.58. The van der Waals surface area contributed by atoms with E-state index in [1.807, 2.05) is 6.92 Å². The van der Waals surface area contributed by atoms with Crippen molar-refractivity contribution in [2.24, 2.45) is 0 Å². The van der Waals surface area contributed by atoms with E-state index in [0.29, 0.717) is 13.1 Å². The van der Waals surface area contributed by atoms with Crippen molar-refractivity contribution in [2.75, 3.05) is 20.2 Å². The largest absolute Gasteiger partial charge is 0.377 e. The van der Waals surface area contributed by atoms with Gasteiger partial charge >= 0.3 is 0 Å². The molecule has 1 aromatic rings. The number of piperidine rings is 1. The standard InChI is InChI=1S/C12H18N2O4S/c1-12(18-2)6-3-7-14(9-12)19(16,17)10-4-5-11(15)13-8-10/h4-5,8H,3,6-7,9H2,1-2H3,(H,13,15). The van der Waals surface area contributed by atoms with Crippen molar-refractivity contribution in [2.45, 2.75) is 30.3 Å². The molecule has 1 fully saturated rings. The second kappa shape index (κ2) is 5.07. The molecule has 6 nitrogen and oxygen atoms in total. The molecule has 0 amide bonds. The van der Waals surface area contributed by atoms with Crippen LogP contribution in [0.4, 0.5) is 0 Å². The van der Waals surface area contributed by atoms with Crippen LogP contribution in [-0.2, 0) is 14.8 Å². The highest BCUT2D eigenvalue weighted by Gasteiger charge is 2.37. The van der Waals surface area contributed by atoms with E-state index in [0.717, 1.165) is 12.8 Å². The van der Waals surface area contributed by atoms with E-state index in [9.17, 15) is 13.2 Å². The summed E-state index contributed by atoms with van der Waals surface area (Å²) in [5.41, 5.74) is -0.771. The summed E-state index contributed by atoms with van der Waals surface area (Å²) in [6, 6.07) is 2.54. The van der Waals surface area contributed by atoms with Crippen LogP contribution in [-0.4, -0.2) is 43.5 Å². The van der Waals surface area contributed by atoms with Crippen LogP contribution in [0.15, 0.2) is 28.0 Å². The summed E-state index contributed by atoms with van der Waals surface area (Å²) in [5, 5.41) is 0. The van der Waals surface area contributed by atoms with Crippen LogP contribution in [0.1, 0.15) is 19.8 Å². The molecule has 0 aliphatic carbocycles. The van der Waals surface area contributed by atoms with E-state index in [1.165, 1.54) is 22.6 Å². The molecule has 1 N–H and O–H groups in total. The second-order valence-electron chi connectivity index (χ2n) is 4.98. The molecule has 0 spiro atoms. The van der Waals surface area contributed by atoms with E-state index >= 15 is 0 Å². The lowest BCUT2D eigenvalue weighted by Crippen LogP contribution is -2.49. The summed E-state index contributed by atoms with van der Waals surface area (Å²) in [6.45, 7) is 2.70. The molecule has 1 aliphatic heterocycles. The fourth-order valence-electron chi connectivity index (χ4n) is 2.24. The molecule has 2 heterocycles. The van der Waals surface area contributed by atoms with E-state index in [1.54, 1.807) is 7.11 Å². The molecule has 106 valence electrons. The topological polar surface area (TPSA) is 79.5 Å². The summed E-state index contributed by atoms with van der Waals surface area (Å²) >= 11 is 0. The Labute approximate surface area is 112 Å². The maximum Gasteiger partial charge on any atom is 0.247 e. The number of ether oxygens (including phenoxy) is 1. The average molecular weight is 286 g/mol. The number of rotatable bonds is 3. The highest BCUT2D eigenvalue weighted by atomic mass is 32.2. The van der Waals surface area contributed by atoms with Crippen molar-refractivity contribution in [1.29, 1.82) is 0 Å². The second-order valence-corrected chi connectivity index (χ2v) is 6.92. The van der Waals surface area contributed by atoms with Crippen molar-refractivity contribution in [3.05, 3.63) is 28.7 Å². The quantitative estimate of drug-likeness (QED) is 0.880. The van der Waals surface area contributed by atoms with Crippen LogP contribution in [0.2, 0.25) is 0 Å². The minimum absolute atomic E-state index is 0.104. The maximum absolute atomic E-state index is 12.5. The lowest BCUT2D eigenvalue weighted by Gasteiger charge is -2.38. The lowest BCUT2D eigenvalue weighted by molar-refractivity contribution is -0.0319. The van der Waals surface area contributed by atoms with Gasteiger partial charge in [-0.2, -0.15) is 4.31 Å². The molecule has 0 radical (unpaired) electrons. The van der Waals surface area contributed by atoms with Gasteiger partial charge in [0, 0.05) is 32.5 Å². The van der Waals surface area contributed by atoms with Gasteiger partial charge in [0.05, 0.1) is 10.5 Å².